The average molecular weight is 291 g/mol. The maximum Gasteiger partial charge on any atom is 0.136 e. The van der Waals surface area contributed by atoms with E-state index in [9.17, 15) is 0 Å². The molecule has 4 rings (SSSR count). The highest BCUT2D eigenvalue weighted by atomic mass is 35.5. The highest BCUT2D eigenvalue weighted by molar-refractivity contribution is 6.34. The van der Waals surface area contributed by atoms with E-state index in [-0.39, 0.29) is 0 Å². The van der Waals surface area contributed by atoms with Gasteiger partial charge in [-0.2, -0.15) is 0 Å². The fourth-order valence-electron chi connectivity index (χ4n) is 2.34. The SMILES string of the molecule is Clc1nccc2cc(-c3cnc4cc[c]cc4n3)ccc12. The van der Waals surface area contributed by atoms with E-state index in [1.807, 2.05) is 42.5 Å². The van der Waals surface area contributed by atoms with Gasteiger partial charge in [0.05, 0.1) is 22.9 Å². The molecule has 2 aromatic heterocycles. The van der Waals surface area contributed by atoms with Gasteiger partial charge in [0.25, 0.3) is 0 Å². The Morgan fingerprint density at radius 2 is 1.95 bits per heavy atom. The minimum Gasteiger partial charge on any atom is -0.252 e. The van der Waals surface area contributed by atoms with Crippen molar-refractivity contribution >= 4 is 33.4 Å². The molecule has 1 radical (unpaired) electrons. The first-order chi connectivity index (χ1) is 10.3. The van der Waals surface area contributed by atoms with Gasteiger partial charge < -0.3 is 0 Å². The van der Waals surface area contributed by atoms with Gasteiger partial charge in [-0.15, -0.1) is 0 Å². The van der Waals surface area contributed by atoms with Crippen molar-refractivity contribution in [3.63, 3.8) is 0 Å². The van der Waals surface area contributed by atoms with E-state index in [0.717, 1.165) is 33.1 Å². The molecule has 0 spiro atoms. The van der Waals surface area contributed by atoms with Gasteiger partial charge in [-0.1, -0.05) is 29.8 Å². The number of halogens is 1. The molecule has 0 saturated heterocycles. The fourth-order valence-corrected chi connectivity index (χ4v) is 2.57. The first-order valence-electron chi connectivity index (χ1n) is 6.49. The van der Waals surface area contributed by atoms with Crippen LogP contribution in [0.5, 0.6) is 0 Å². The van der Waals surface area contributed by atoms with Crippen LogP contribution in [0.15, 0.2) is 54.9 Å². The van der Waals surface area contributed by atoms with Crippen LogP contribution < -0.4 is 0 Å². The van der Waals surface area contributed by atoms with E-state index >= 15 is 0 Å². The molecule has 2 heterocycles. The molecule has 4 aromatic rings. The summed E-state index contributed by atoms with van der Waals surface area (Å²) in [7, 11) is 0. The van der Waals surface area contributed by atoms with Crippen LogP contribution in [0.25, 0.3) is 33.1 Å². The Kier molecular flexibility index (Phi) is 2.79. The van der Waals surface area contributed by atoms with Crippen molar-refractivity contribution in [2.75, 3.05) is 0 Å². The van der Waals surface area contributed by atoms with Gasteiger partial charge in [-0.3, -0.25) is 4.98 Å². The molecule has 0 unspecified atom stereocenters. The van der Waals surface area contributed by atoms with Crippen molar-refractivity contribution in [2.45, 2.75) is 0 Å². The summed E-state index contributed by atoms with van der Waals surface area (Å²) in [6.07, 6.45) is 3.49. The van der Waals surface area contributed by atoms with Crippen molar-refractivity contribution in [2.24, 2.45) is 0 Å². The summed E-state index contributed by atoms with van der Waals surface area (Å²) >= 11 is 6.09. The highest BCUT2D eigenvalue weighted by Crippen LogP contribution is 2.26. The molecule has 0 aliphatic rings. The summed E-state index contributed by atoms with van der Waals surface area (Å²) in [6, 6.07) is 16.5. The molecule has 0 fully saturated rings. The lowest BCUT2D eigenvalue weighted by atomic mass is 10.1. The van der Waals surface area contributed by atoms with E-state index in [1.54, 1.807) is 12.4 Å². The first kappa shape index (κ1) is 12.2. The summed E-state index contributed by atoms with van der Waals surface area (Å²) in [4.78, 5) is 13.2. The molecule has 0 saturated carbocycles. The van der Waals surface area contributed by atoms with Crippen LogP contribution in [0.2, 0.25) is 5.15 Å². The van der Waals surface area contributed by atoms with Gasteiger partial charge in [0.2, 0.25) is 0 Å². The molecule has 0 aliphatic carbocycles. The summed E-state index contributed by atoms with van der Waals surface area (Å²) in [5, 5.41) is 2.48. The average Bonchev–Trinajstić information content (AvgIpc) is 2.54. The van der Waals surface area contributed by atoms with Gasteiger partial charge in [0.1, 0.15) is 5.15 Å². The zero-order chi connectivity index (χ0) is 14.2. The normalized spacial score (nSPS) is 11.1. The molecule has 21 heavy (non-hydrogen) atoms. The van der Waals surface area contributed by atoms with Crippen molar-refractivity contribution in [3.8, 4) is 11.3 Å². The molecule has 0 atom stereocenters. The second-order valence-corrected chi connectivity index (χ2v) is 5.07. The molecule has 0 amide bonds. The number of hydrogen-bond acceptors (Lipinski definition) is 3. The van der Waals surface area contributed by atoms with Crippen molar-refractivity contribution in [3.05, 3.63) is 66.1 Å². The van der Waals surface area contributed by atoms with Gasteiger partial charge in [-0.05, 0) is 35.7 Å². The second kappa shape index (κ2) is 4.79. The smallest absolute Gasteiger partial charge is 0.136 e. The maximum absolute atomic E-state index is 6.09. The summed E-state index contributed by atoms with van der Waals surface area (Å²) in [5.41, 5.74) is 3.54. The molecular weight excluding hydrogens is 282 g/mol. The maximum atomic E-state index is 6.09. The van der Waals surface area contributed by atoms with Gasteiger partial charge in [0, 0.05) is 17.1 Å². The number of benzene rings is 2. The van der Waals surface area contributed by atoms with Gasteiger partial charge >= 0.3 is 0 Å². The predicted octanol–water partition coefficient (Wildman–Crippen LogP) is 4.30. The van der Waals surface area contributed by atoms with Crippen LogP contribution in [-0.4, -0.2) is 15.0 Å². The number of fused-ring (bicyclic) bond motifs is 2. The number of nitrogens with zero attached hydrogens (tertiary/aromatic N) is 3. The van der Waals surface area contributed by atoms with E-state index in [0.29, 0.717) is 5.15 Å². The van der Waals surface area contributed by atoms with E-state index < -0.39 is 0 Å². The minimum atomic E-state index is 0.512. The molecule has 2 aromatic carbocycles. The Hall–Kier alpha value is -2.52. The van der Waals surface area contributed by atoms with Crippen LogP contribution in [0.4, 0.5) is 0 Å². The largest absolute Gasteiger partial charge is 0.252 e. The van der Waals surface area contributed by atoms with Crippen LogP contribution in [0.3, 0.4) is 0 Å². The first-order valence-corrected chi connectivity index (χ1v) is 6.86. The monoisotopic (exact) mass is 290 g/mol. The Labute approximate surface area is 126 Å². The third-order valence-electron chi connectivity index (χ3n) is 3.40. The zero-order valence-electron chi connectivity index (χ0n) is 10.9. The van der Waals surface area contributed by atoms with Gasteiger partial charge in [0.15, 0.2) is 0 Å². The van der Waals surface area contributed by atoms with Crippen LogP contribution in [-0.2, 0) is 0 Å². The van der Waals surface area contributed by atoms with Crippen molar-refractivity contribution in [1.82, 2.24) is 15.0 Å². The van der Waals surface area contributed by atoms with Gasteiger partial charge in [-0.25, -0.2) is 9.97 Å². The summed E-state index contributed by atoms with van der Waals surface area (Å²) in [5.74, 6) is 0. The Morgan fingerprint density at radius 3 is 2.90 bits per heavy atom. The lowest BCUT2D eigenvalue weighted by Gasteiger charge is -2.05. The van der Waals surface area contributed by atoms with Crippen LogP contribution in [0.1, 0.15) is 0 Å². The predicted molar refractivity (Wildman–Crippen MR) is 84.1 cm³/mol. The summed E-state index contributed by atoms with van der Waals surface area (Å²) < 4.78 is 0. The number of hydrogen-bond donors (Lipinski definition) is 0. The molecule has 4 heteroatoms. The lowest BCUT2D eigenvalue weighted by Crippen LogP contribution is -1.89. The number of pyridine rings is 1. The minimum absolute atomic E-state index is 0.512. The Balaban J connectivity index is 1.91. The van der Waals surface area contributed by atoms with Crippen molar-refractivity contribution < 1.29 is 0 Å². The third kappa shape index (κ3) is 2.12. The Bertz CT molecular complexity index is 966. The fraction of sp³-hybridized carbons (Fsp3) is 0. The molecule has 0 aliphatic heterocycles. The summed E-state index contributed by atoms with van der Waals surface area (Å²) in [6.45, 7) is 0. The second-order valence-electron chi connectivity index (χ2n) is 4.71. The molecule has 0 bridgehead atoms. The van der Waals surface area contributed by atoms with E-state index in [4.69, 9.17) is 11.6 Å². The molecular formula is C17H9ClN3. The Morgan fingerprint density at radius 1 is 1.00 bits per heavy atom. The van der Waals surface area contributed by atoms with E-state index in [2.05, 4.69) is 21.0 Å². The number of aromatic nitrogens is 3. The molecule has 3 nitrogen and oxygen atoms in total. The lowest BCUT2D eigenvalue weighted by molar-refractivity contribution is 1.29. The van der Waals surface area contributed by atoms with E-state index in [1.165, 1.54) is 0 Å². The number of rotatable bonds is 1. The molecule has 99 valence electrons. The standard InChI is InChI=1S/C17H9ClN3/c18-17-13-6-5-12(9-11(13)7-8-19-17)16-10-20-14-3-1-2-4-15(14)21-16/h1,3-10H. The van der Waals surface area contributed by atoms with Crippen LogP contribution >= 0.6 is 11.6 Å². The quantitative estimate of drug-likeness (QED) is 0.491. The molecule has 0 N–H and O–H groups in total. The highest BCUT2D eigenvalue weighted by Gasteiger charge is 2.05. The zero-order valence-corrected chi connectivity index (χ0v) is 11.7. The van der Waals surface area contributed by atoms with Crippen molar-refractivity contribution in [1.29, 1.82) is 0 Å². The van der Waals surface area contributed by atoms with Crippen LogP contribution in [0, 0.1) is 6.07 Å². The topological polar surface area (TPSA) is 38.7 Å². The third-order valence-corrected chi connectivity index (χ3v) is 3.70.